The van der Waals surface area contributed by atoms with Gasteiger partial charge in [0.05, 0.1) is 24.2 Å². The number of anilines is 3. The molecule has 40 heavy (non-hydrogen) atoms. The monoisotopic (exact) mass is 541 g/mol. The molecule has 3 heterocycles. The molecule has 0 radical (unpaired) electrons. The molecule has 0 saturated carbocycles. The van der Waals surface area contributed by atoms with Gasteiger partial charge in [0.25, 0.3) is 0 Å². The largest absolute Gasteiger partial charge is 0.357 e. The predicted molar refractivity (Wildman–Crippen MR) is 156 cm³/mol. The number of hydrogen-bond donors (Lipinski definition) is 4. The Balaban J connectivity index is 1.20. The number of carbonyl (C=O) groups excluding carboxylic acids is 2. The summed E-state index contributed by atoms with van der Waals surface area (Å²) < 4.78 is 13.8. The van der Waals surface area contributed by atoms with Gasteiger partial charge >= 0.3 is 0 Å². The third-order valence-electron chi connectivity index (χ3n) is 8.39. The molecule has 8 heteroatoms. The van der Waals surface area contributed by atoms with E-state index < -0.39 is 0 Å². The van der Waals surface area contributed by atoms with E-state index in [9.17, 15) is 14.0 Å². The van der Waals surface area contributed by atoms with Crippen molar-refractivity contribution in [3.8, 4) is 0 Å². The Morgan fingerprint density at radius 3 is 1.50 bits per heavy atom. The number of halogens is 1. The molecule has 6 rings (SSSR count). The van der Waals surface area contributed by atoms with E-state index in [4.69, 9.17) is 0 Å². The van der Waals surface area contributed by atoms with Crippen molar-refractivity contribution >= 4 is 28.9 Å². The Bertz CT molecular complexity index is 1240. The fraction of sp³-hybridized carbons (Fsp3) is 0.375. The molecule has 3 fully saturated rings. The summed E-state index contributed by atoms with van der Waals surface area (Å²) in [6.07, 6.45) is 5.65. The minimum absolute atomic E-state index is 0.0123. The first-order valence-corrected chi connectivity index (χ1v) is 14.4. The Kier molecular flexibility index (Phi) is 7.80. The van der Waals surface area contributed by atoms with Crippen molar-refractivity contribution in [3.63, 3.8) is 0 Å². The highest BCUT2D eigenvalue weighted by molar-refractivity contribution is 5.95. The summed E-state index contributed by atoms with van der Waals surface area (Å²) in [7, 11) is 0. The van der Waals surface area contributed by atoms with Crippen LogP contribution in [-0.2, 0) is 9.59 Å². The summed E-state index contributed by atoms with van der Waals surface area (Å²) in [4.78, 5) is 27.4. The van der Waals surface area contributed by atoms with Gasteiger partial charge in [0.15, 0.2) is 0 Å². The fourth-order valence-electron chi connectivity index (χ4n) is 6.29. The van der Waals surface area contributed by atoms with E-state index in [0.717, 1.165) is 79.8 Å². The van der Waals surface area contributed by atoms with Crippen LogP contribution in [0.1, 0.15) is 61.7 Å². The van der Waals surface area contributed by atoms with E-state index in [0.29, 0.717) is 0 Å². The molecular weight excluding hydrogens is 505 g/mol. The summed E-state index contributed by atoms with van der Waals surface area (Å²) in [5.74, 6) is -0.235. The molecule has 3 aromatic rings. The second kappa shape index (κ2) is 11.8. The molecule has 208 valence electrons. The second-order valence-corrected chi connectivity index (χ2v) is 11.0. The molecule has 3 saturated heterocycles. The second-order valence-electron chi connectivity index (χ2n) is 11.0. The Morgan fingerprint density at radius 1 is 0.650 bits per heavy atom. The maximum Gasteiger partial charge on any atom is 0.241 e. The summed E-state index contributed by atoms with van der Waals surface area (Å²) in [5.41, 5.74) is 4.84. The van der Waals surface area contributed by atoms with Gasteiger partial charge in [-0.15, -0.1) is 0 Å². The molecule has 0 aromatic heterocycles. The van der Waals surface area contributed by atoms with Gasteiger partial charge in [0, 0.05) is 17.1 Å². The summed E-state index contributed by atoms with van der Waals surface area (Å²) in [6.45, 7) is 1.77. The first kappa shape index (κ1) is 26.5. The van der Waals surface area contributed by atoms with Gasteiger partial charge in [-0.1, -0.05) is 24.3 Å². The molecule has 2 amide bonds. The van der Waals surface area contributed by atoms with Crippen LogP contribution in [0.4, 0.5) is 21.5 Å². The predicted octanol–water partition coefficient (Wildman–Crippen LogP) is 5.29. The fourth-order valence-corrected chi connectivity index (χ4v) is 6.29. The van der Waals surface area contributed by atoms with Crippen molar-refractivity contribution in [3.05, 3.63) is 89.7 Å². The van der Waals surface area contributed by atoms with Crippen molar-refractivity contribution in [1.82, 2.24) is 10.6 Å². The molecule has 0 aliphatic carbocycles. The van der Waals surface area contributed by atoms with E-state index >= 15 is 0 Å². The van der Waals surface area contributed by atoms with Gasteiger partial charge in [0.1, 0.15) is 5.82 Å². The van der Waals surface area contributed by atoms with Crippen molar-refractivity contribution < 1.29 is 14.0 Å². The Labute approximate surface area is 234 Å². The first-order chi connectivity index (χ1) is 19.5. The van der Waals surface area contributed by atoms with Crippen LogP contribution in [0, 0.1) is 5.82 Å². The van der Waals surface area contributed by atoms with Crippen LogP contribution in [0.3, 0.4) is 0 Å². The number of rotatable bonds is 7. The molecule has 3 aromatic carbocycles. The first-order valence-electron chi connectivity index (χ1n) is 14.4. The molecular formula is C32H36FN5O2. The summed E-state index contributed by atoms with van der Waals surface area (Å²) >= 11 is 0. The molecule has 4 N–H and O–H groups in total. The van der Waals surface area contributed by atoms with Crippen molar-refractivity contribution in [2.75, 3.05) is 28.6 Å². The van der Waals surface area contributed by atoms with Crippen LogP contribution >= 0.6 is 0 Å². The molecule has 4 unspecified atom stereocenters. The van der Waals surface area contributed by atoms with Crippen molar-refractivity contribution in [2.45, 2.75) is 62.7 Å². The Morgan fingerprint density at radius 2 is 1.10 bits per heavy atom. The van der Waals surface area contributed by atoms with Crippen LogP contribution in [-0.4, -0.2) is 37.0 Å². The van der Waals surface area contributed by atoms with E-state index in [2.05, 4.69) is 50.4 Å². The molecule has 7 nitrogen and oxygen atoms in total. The quantitative estimate of drug-likeness (QED) is 0.327. The molecule has 4 atom stereocenters. The zero-order valence-electron chi connectivity index (χ0n) is 22.5. The summed E-state index contributed by atoms with van der Waals surface area (Å²) in [5, 5.41) is 12.5. The number of benzene rings is 3. The maximum atomic E-state index is 13.8. The minimum atomic E-state index is -0.259. The van der Waals surface area contributed by atoms with Crippen LogP contribution in [0.25, 0.3) is 0 Å². The topological polar surface area (TPSA) is 85.5 Å². The van der Waals surface area contributed by atoms with E-state index in [1.54, 1.807) is 0 Å². The van der Waals surface area contributed by atoms with Crippen LogP contribution in [0.5, 0.6) is 0 Å². The van der Waals surface area contributed by atoms with E-state index in [1.807, 2.05) is 36.4 Å². The summed E-state index contributed by atoms with van der Waals surface area (Å²) in [6, 6.07) is 22.8. The third kappa shape index (κ3) is 5.74. The standard InChI is InChI=1S/C32H36FN5O2/c33-23-9-15-26(16-10-23)38-29(21-5-11-24(12-6-21)36-31(39)27-3-1-19-34-27)17-18-30(38)22-7-13-25(14-8-22)37-32(40)28-4-2-20-35-28/h5-16,27-30,34-35H,1-4,17-20H2,(H,36,39)(H,37,40). The van der Waals surface area contributed by atoms with Gasteiger partial charge in [0.2, 0.25) is 11.8 Å². The molecule has 0 spiro atoms. The molecule has 0 bridgehead atoms. The van der Waals surface area contributed by atoms with E-state index in [1.165, 1.54) is 12.1 Å². The zero-order chi connectivity index (χ0) is 27.5. The smallest absolute Gasteiger partial charge is 0.241 e. The Hall–Kier alpha value is -3.75. The van der Waals surface area contributed by atoms with Gasteiger partial charge in [-0.2, -0.15) is 0 Å². The van der Waals surface area contributed by atoms with Gasteiger partial charge < -0.3 is 26.2 Å². The highest BCUT2D eigenvalue weighted by Gasteiger charge is 2.35. The lowest BCUT2D eigenvalue weighted by molar-refractivity contribution is -0.118. The minimum Gasteiger partial charge on any atom is -0.357 e. The number of hydrogen-bond acceptors (Lipinski definition) is 5. The lowest BCUT2D eigenvalue weighted by atomic mass is 10.0. The lowest BCUT2D eigenvalue weighted by Gasteiger charge is -2.33. The third-order valence-corrected chi connectivity index (χ3v) is 8.39. The normalized spacial score (nSPS) is 24.3. The lowest BCUT2D eigenvalue weighted by Crippen LogP contribution is -2.35. The van der Waals surface area contributed by atoms with E-state index in [-0.39, 0.29) is 41.8 Å². The van der Waals surface area contributed by atoms with Crippen molar-refractivity contribution in [1.29, 1.82) is 0 Å². The SMILES string of the molecule is O=C(Nc1ccc(C2CCC(c3ccc(NC(=O)C4CCCN4)cc3)N2c2ccc(F)cc2)cc1)C1CCCN1. The highest BCUT2D eigenvalue weighted by Crippen LogP contribution is 2.47. The zero-order valence-corrected chi connectivity index (χ0v) is 22.5. The molecule has 3 aliphatic heterocycles. The average molecular weight is 542 g/mol. The van der Waals surface area contributed by atoms with Gasteiger partial charge in [-0.05, 0) is 111 Å². The number of amides is 2. The van der Waals surface area contributed by atoms with Gasteiger partial charge in [-0.25, -0.2) is 4.39 Å². The number of nitrogens with zero attached hydrogens (tertiary/aromatic N) is 1. The number of nitrogens with one attached hydrogen (secondary N) is 4. The maximum absolute atomic E-state index is 13.8. The molecule has 3 aliphatic rings. The highest BCUT2D eigenvalue weighted by atomic mass is 19.1. The van der Waals surface area contributed by atoms with Crippen LogP contribution in [0.15, 0.2) is 72.8 Å². The van der Waals surface area contributed by atoms with Crippen LogP contribution < -0.4 is 26.2 Å². The average Bonchev–Trinajstić information content (AvgIpc) is 3.77. The van der Waals surface area contributed by atoms with Gasteiger partial charge in [-0.3, -0.25) is 9.59 Å². The number of carbonyl (C=O) groups is 2. The van der Waals surface area contributed by atoms with Crippen LogP contribution in [0.2, 0.25) is 0 Å². The van der Waals surface area contributed by atoms with Crippen molar-refractivity contribution in [2.24, 2.45) is 0 Å².